The number of ether oxygens (including phenoxy) is 1. The first kappa shape index (κ1) is 19.7. The Bertz CT molecular complexity index is 836. The number of carbonyl (C=O) groups is 1. The van der Waals surface area contributed by atoms with Crippen LogP contribution in [0.25, 0.3) is 0 Å². The average molecular weight is 399 g/mol. The molecule has 0 saturated heterocycles. The van der Waals surface area contributed by atoms with Gasteiger partial charge in [0.15, 0.2) is 5.82 Å². The lowest BCUT2D eigenvalue weighted by molar-refractivity contribution is 0.0995. The van der Waals surface area contributed by atoms with E-state index in [2.05, 4.69) is 39.6 Å². The fourth-order valence-corrected chi connectivity index (χ4v) is 4.10. The number of hydrogen-bond donors (Lipinski definition) is 3. The molecule has 1 fully saturated rings. The molecule has 0 aromatic carbocycles. The monoisotopic (exact) mass is 398 g/mol. The number of alkyl carbamates (subject to hydrolysis) is 1. The molecule has 4 rings (SSSR count). The summed E-state index contributed by atoms with van der Waals surface area (Å²) in [7, 11) is 0. The SMILES string of the molecule is CC(C)N1CCCNC(=O)O[C@H]2CC[C@H](C2)c2cc(n[nH]2)Nc2cccc(n2)C1. The van der Waals surface area contributed by atoms with E-state index in [1.54, 1.807) is 0 Å². The van der Waals surface area contributed by atoms with Crippen LogP contribution in [0.2, 0.25) is 0 Å². The minimum absolute atomic E-state index is 0.0379. The lowest BCUT2D eigenvalue weighted by Crippen LogP contribution is -2.35. The summed E-state index contributed by atoms with van der Waals surface area (Å²) < 4.78 is 5.62. The number of nitrogens with zero attached hydrogens (tertiary/aromatic N) is 3. The fourth-order valence-electron chi connectivity index (χ4n) is 4.10. The first-order valence-corrected chi connectivity index (χ1v) is 10.5. The normalized spacial score (nSPS) is 23.6. The van der Waals surface area contributed by atoms with E-state index in [4.69, 9.17) is 9.72 Å². The molecule has 2 aliphatic rings. The predicted molar refractivity (Wildman–Crippen MR) is 111 cm³/mol. The second-order valence-corrected chi connectivity index (χ2v) is 8.23. The van der Waals surface area contributed by atoms with Crippen LogP contribution < -0.4 is 10.6 Å². The highest BCUT2D eigenvalue weighted by molar-refractivity contribution is 5.67. The van der Waals surface area contributed by atoms with Crippen molar-refractivity contribution in [1.29, 1.82) is 0 Å². The van der Waals surface area contributed by atoms with Crippen LogP contribution in [0.4, 0.5) is 16.4 Å². The van der Waals surface area contributed by atoms with E-state index in [1.165, 1.54) is 0 Å². The van der Waals surface area contributed by atoms with Crippen molar-refractivity contribution in [3.8, 4) is 0 Å². The van der Waals surface area contributed by atoms with Crippen molar-refractivity contribution in [2.24, 2.45) is 0 Å². The van der Waals surface area contributed by atoms with Crippen LogP contribution >= 0.6 is 0 Å². The van der Waals surface area contributed by atoms with Crippen molar-refractivity contribution in [2.45, 2.75) is 64.1 Å². The highest BCUT2D eigenvalue weighted by Gasteiger charge is 2.30. The molecule has 3 heterocycles. The zero-order chi connectivity index (χ0) is 20.2. The maximum atomic E-state index is 12.1. The molecule has 156 valence electrons. The molecule has 8 heteroatoms. The van der Waals surface area contributed by atoms with E-state index in [1.807, 2.05) is 24.3 Å². The third-order valence-electron chi connectivity index (χ3n) is 5.75. The van der Waals surface area contributed by atoms with Crippen molar-refractivity contribution in [1.82, 2.24) is 25.4 Å². The van der Waals surface area contributed by atoms with Gasteiger partial charge in [-0.15, -0.1) is 0 Å². The van der Waals surface area contributed by atoms with Crippen LogP contribution in [-0.2, 0) is 11.3 Å². The molecule has 1 aliphatic heterocycles. The predicted octanol–water partition coefficient (Wildman–Crippen LogP) is 3.52. The van der Waals surface area contributed by atoms with Crippen LogP contribution in [0.5, 0.6) is 0 Å². The van der Waals surface area contributed by atoms with Crippen molar-refractivity contribution in [2.75, 3.05) is 18.4 Å². The number of H-pyrrole nitrogens is 1. The zero-order valence-corrected chi connectivity index (χ0v) is 17.1. The first-order valence-electron chi connectivity index (χ1n) is 10.5. The molecule has 2 aromatic rings. The number of fused-ring (bicyclic) bond motifs is 7. The summed E-state index contributed by atoms with van der Waals surface area (Å²) in [5.41, 5.74) is 2.08. The molecular weight excluding hydrogens is 368 g/mol. The van der Waals surface area contributed by atoms with Gasteiger partial charge in [0.25, 0.3) is 0 Å². The third-order valence-corrected chi connectivity index (χ3v) is 5.75. The molecule has 0 spiro atoms. The van der Waals surface area contributed by atoms with Gasteiger partial charge in [-0.05, 0) is 51.7 Å². The number of amides is 1. The van der Waals surface area contributed by atoms with Crippen molar-refractivity contribution >= 4 is 17.7 Å². The van der Waals surface area contributed by atoms with Gasteiger partial charge in [0.1, 0.15) is 11.9 Å². The third kappa shape index (κ3) is 5.06. The quantitative estimate of drug-likeness (QED) is 0.680. The van der Waals surface area contributed by atoms with Gasteiger partial charge in [-0.3, -0.25) is 10.00 Å². The Morgan fingerprint density at radius 1 is 1.24 bits per heavy atom. The number of hydrogen-bond acceptors (Lipinski definition) is 6. The molecule has 29 heavy (non-hydrogen) atoms. The number of pyridine rings is 1. The Balaban J connectivity index is 1.55. The fraction of sp³-hybridized carbons (Fsp3) is 0.571. The second kappa shape index (κ2) is 8.82. The zero-order valence-electron chi connectivity index (χ0n) is 17.1. The number of carbonyl (C=O) groups excluding carboxylic acids is 1. The molecule has 1 saturated carbocycles. The summed E-state index contributed by atoms with van der Waals surface area (Å²) in [5.74, 6) is 1.88. The summed E-state index contributed by atoms with van der Waals surface area (Å²) in [5, 5.41) is 13.7. The van der Waals surface area contributed by atoms with Crippen LogP contribution in [0, 0.1) is 0 Å². The van der Waals surface area contributed by atoms with Crippen molar-refractivity contribution in [3.63, 3.8) is 0 Å². The molecule has 3 N–H and O–H groups in total. The number of anilines is 2. The minimum Gasteiger partial charge on any atom is -0.446 e. The van der Waals surface area contributed by atoms with Crippen LogP contribution in [-0.4, -0.2) is 51.4 Å². The van der Waals surface area contributed by atoms with Gasteiger partial charge in [0, 0.05) is 43.4 Å². The van der Waals surface area contributed by atoms with E-state index in [0.29, 0.717) is 18.5 Å². The van der Waals surface area contributed by atoms with Gasteiger partial charge in [0.2, 0.25) is 0 Å². The Morgan fingerprint density at radius 2 is 2.14 bits per heavy atom. The van der Waals surface area contributed by atoms with Crippen LogP contribution in [0.3, 0.4) is 0 Å². The van der Waals surface area contributed by atoms with E-state index in [0.717, 1.165) is 61.8 Å². The number of nitrogens with one attached hydrogen (secondary N) is 3. The van der Waals surface area contributed by atoms with Crippen LogP contribution in [0.1, 0.15) is 56.8 Å². The Labute approximate surface area is 171 Å². The van der Waals surface area contributed by atoms with Gasteiger partial charge in [-0.1, -0.05) is 6.07 Å². The highest BCUT2D eigenvalue weighted by atomic mass is 16.6. The summed E-state index contributed by atoms with van der Waals surface area (Å²) in [6.07, 6.45) is 3.20. The lowest BCUT2D eigenvalue weighted by atomic mass is 10.0. The average Bonchev–Trinajstić information content (AvgIpc) is 3.33. The molecule has 0 unspecified atom stereocenters. The lowest BCUT2D eigenvalue weighted by Gasteiger charge is -2.26. The summed E-state index contributed by atoms with van der Waals surface area (Å²) in [6, 6.07) is 8.45. The summed E-state index contributed by atoms with van der Waals surface area (Å²) in [4.78, 5) is 19.3. The van der Waals surface area contributed by atoms with Gasteiger partial charge in [-0.2, -0.15) is 5.10 Å². The van der Waals surface area contributed by atoms with E-state index >= 15 is 0 Å². The maximum absolute atomic E-state index is 12.1. The Morgan fingerprint density at radius 3 is 3.00 bits per heavy atom. The molecule has 1 amide bonds. The first-order chi connectivity index (χ1) is 14.1. The van der Waals surface area contributed by atoms with Gasteiger partial charge >= 0.3 is 6.09 Å². The summed E-state index contributed by atoms with van der Waals surface area (Å²) in [6.45, 7) is 6.60. The standard InChI is InChI=1S/C21H30N6O2/c1-14(2)27-10-4-9-22-21(28)29-17-8-7-15(11-17)18-12-20(26-25-18)24-19-6-3-5-16(13-27)23-19/h3,5-6,12,14-15,17H,4,7-11,13H2,1-2H3,(H,22,28)(H2,23,24,25,26)/t15-,17+/m1/s1. The molecule has 8 nitrogen and oxygen atoms in total. The van der Waals surface area contributed by atoms with Crippen molar-refractivity contribution < 1.29 is 9.53 Å². The van der Waals surface area contributed by atoms with Crippen LogP contribution in [0.15, 0.2) is 24.3 Å². The van der Waals surface area contributed by atoms with Gasteiger partial charge in [0.05, 0.1) is 5.69 Å². The Kier molecular flexibility index (Phi) is 5.99. The smallest absolute Gasteiger partial charge is 0.407 e. The minimum atomic E-state index is -0.311. The summed E-state index contributed by atoms with van der Waals surface area (Å²) >= 11 is 0. The van der Waals surface area contributed by atoms with Gasteiger partial charge < -0.3 is 15.4 Å². The topological polar surface area (TPSA) is 95.2 Å². The molecule has 1 aliphatic carbocycles. The number of rotatable bonds is 1. The molecule has 6 bridgehead atoms. The molecule has 0 radical (unpaired) electrons. The van der Waals surface area contributed by atoms with E-state index in [-0.39, 0.29) is 12.2 Å². The highest BCUT2D eigenvalue weighted by Crippen LogP contribution is 2.36. The van der Waals surface area contributed by atoms with Gasteiger partial charge in [-0.25, -0.2) is 9.78 Å². The molecule has 2 aromatic heterocycles. The maximum Gasteiger partial charge on any atom is 0.407 e. The second-order valence-electron chi connectivity index (χ2n) is 8.23. The van der Waals surface area contributed by atoms with E-state index in [9.17, 15) is 4.79 Å². The molecular formula is C21H30N6O2. The Hall–Kier alpha value is -2.61. The molecule has 2 atom stereocenters. The largest absolute Gasteiger partial charge is 0.446 e. The number of aromatic nitrogens is 3. The number of aromatic amines is 1. The van der Waals surface area contributed by atoms with Crippen molar-refractivity contribution in [3.05, 3.63) is 35.7 Å². The van der Waals surface area contributed by atoms with E-state index < -0.39 is 0 Å².